The third-order valence-electron chi connectivity index (χ3n) is 3.05. The van der Waals surface area contributed by atoms with Gasteiger partial charge in [-0.1, -0.05) is 0 Å². The van der Waals surface area contributed by atoms with E-state index >= 15 is 0 Å². The zero-order chi connectivity index (χ0) is 12.6. The molecular formula is C12H23NO3S. The summed E-state index contributed by atoms with van der Waals surface area (Å²) in [7, 11) is 1.65. The standard InChI is InChI=1S/C12H23NO3S/c1-15-7-8-16-6-2-5-13-11(14)9-12(10-17)3-4-12/h17H,2-10H2,1H3,(H,13,14). The number of ether oxygens (including phenoxy) is 2. The van der Waals surface area contributed by atoms with Crippen molar-refractivity contribution in [2.24, 2.45) is 5.41 Å². The number of hydrogen-bond acceptors (Lipinski definition) is 4. The van der Waals surface area contributed by atoms with E-state index in [2.05, 4.69) is 17.9 Å². The number of rotatable bonds is 10. The molecule has 0 aromatic carbocycles. The molecule has 0 aromatic rings. The van der Waals surface area contributed by atoms with Crippen LogP contribution in [0, 0.1) is 5.41 Å². The summed E-state index contributed by atoms with van der Waals surface area (Å²) in [5.41, 5.74) is 0.210. The Labute approximate surface area is 109 Å². The molecule has 1 fully saturated rings. The maximum atomic E-state index is 11.6. The van der Waals surface area contributed by atoms with Gasteiger partial charge in [-0.25, -0.2) is 0 Å². The monoisotopic (exact) mass is 261 g/mol. The largest absolute Gasteiger partial charge is 0.382 e. The molecule has 1 saturated carbocycles. The van der Waals surface area contributed by atoms with E-state index in [-0.39, 0.29) is 11.3 Å². The average Bonchev–Trinajstić information content (AvgIpc) is 3.08. The summed E-state index contributed by atoms with van der Waals surface area (Å²) in [6.45, 7) is 2.60. The first-order chi connectivity index (χ1) is 8.22. The van der Waals surface area contributed by atoms with Crippen molar-refractivity contribution in [1.29, 1.82) is 0 Å². The van der Waals surface area contributed by atoms with E-state index < -0.39 is 0 Å². The fourth-order valence-electron chi connectivity index (χ4n) is 1.62. The van der Waals surface area contributed by atoms with Crippen LogP contribution in [0.2, 0.25) is 0 Å². The summed E-state index contributed by atoms with van der Waals surface area (Å²) in [6.07, 6.45) is 3.76. The number of hydrogen-bond donors (Lipinski definition) is 2. The van der Waals surface area contributed by atoms with E-state index in [0.29, 0.717) is 32.8 Å². The highest BCUT2D eigenvalue weighted by atomic mass is 32.1. The van der Waals surface area contributed by atoms with Crippen molar-refractivity contribution in [1.82, 2.24) is 5.32 Å². The lowest BCUT2D eigenvalue weighted by molar-refractivity contribution is -0.122. The second-order valence-electron chi connectivity index (χ2n) is 4.64. The number of amides is 1. The van der Waals surface area contributed by atoms with Gasteiger partial charge in [-0.05, 0) is 30.4 Å². The fraction of sp³-hybridized carbons (Fsp3) is 0.917. The highest BCUT2D eigenvalue weighted by molar-refractivity contribution is 7.80. The van der Waals surface area contributed by atoms with Gasteiger partial charge in [0.25, 0.3) is 0 Å². The molecule has 1 amide bonds. The van der Waals surface area contributed by atoms with Crippen LogP contribution >= 0.6 is 12.6 Å². The topological polar surface area (TPSA) is 47.6 Å². The maximum absolute atomic E-state index is 11.6. The van der Waals surface area contributed by atoms with Crippen LogP contribution in [-0.4, -0.2) is 45.1 Å². The van der Waals surface area contributed by atoms with Crippen molar-refractivity contribution >= 4 is 18.5 Å². The molecule has 17 heavy (non-hydrogen) atoms. The molecule has 0 radical (unpaired) electrons. The number of methoxy groups -OCH3 is 1. The lowest BCUT2D eigenvalue weighted by Gasteiger charge is -2.11. The summed E-state index contributed by atoms with van der Waals surface area (Å²) in [6, 6.07) is 0. The Morgan fingerprint density at radius 1 is 1.35 bits per heavy atom. The normalized spacial score (nSPS) is 16.8. The summed E-state index contributed by atoms with van der Waals surface area (Å²) in [4.78, 5) is 11.6. The second kappa shape index (κ2) is 7.95. The van der Waals surface area contributed by atoms with E-state index in [1.54, 1.807) is 7.11 Å². The third kappa shape index (κ3) is 6.29. The Hall–Kier alpha value is -0.260. The molecule has 1 N–H and O–H groups in total. The first-order valence-electron chi connectivity index (χ1n) is 6.17. The van der Waals surface area contributed by atoms with Crippen molar-refractivity contribution < 1.29 is 14.3 Å². The first kappa shape index (κ1) is 14.8. The number of nitrogens with one attached hydrogen (secondary N) is 1. The molecular weight excluding hydrogens is 238 g/mol. The van der Waals surface area contributed by atoms with Crippen LogP contribution in [0.4, 0.5) is 0 Å². The number of thiol groups is 1. The molecule has 4 nitrogen and oxygen atoms in total. The van der Waals surface area contributed by atoms with E-state index in [9.17, 15) is 4.79 Å². The highest BCUT2D eigenvalue weighted by Crippen LogP contribution is 2.49. The predicted octanol–water partition coefficient (Wildman–Crippen LogP) is 1.26. The van der Waals surface area contributed by atoms with Crippen LogP contribution in [0.3, 0.4) is 0 Å². The Morgan fingerprint density at radius 3 is 2.71 bits per heavy atom. The van der Waals surface area contributed by atoms with Crippen LogP contribution in [0.5, 0.6) is 0 Å². The molecule has 5 heteroatoms. The summed E-state index contributed by atoms with van der Waals surface area (Å²) >= 11 is 4.28. The minimum Gasteiger partial charge on any atom is -0.382 e. The molecule has 0 spiro atoms. The van der Waals surface area contributed by atoms with Gasteiger partial charge in [0, 0.05) is 26.7 Å². The van der Waals surface area contributed by atoms with Gasteiger partial charge in [0.05, 0.1) is 13.2 Å². The smallest absolute Gasteiger partial charge is 0.220 e. The second-order valence-corrected chi connectivity index (χ2v) is 4.96. The minimum absolute atomic E-state index is 0.147. The van der Waals surface area contributed by atoms with Gasteiger partial charge in [-0.3, -0.25) is 4.79 Å². The zero-order valence-electron chi connectivity index (χ0n) is 10.5. The average molecular weight is 261 g/mol. The van der Waals surface area contributed by atoms with Crippen molar-refractivity contribution in [3.8, 4) is 0 Å². The SMILES string of the molecule is COCCOCCCNC(=O)CC1(CS)CC1. The molecule has 0 aliphatic heterocycles. The van der Waals surface area contributed by atoms with Gasteiger partial charge < -0.3 is 14.8 Å². The van der Waals surface area contributed by atoms with Crippen LogP contribution in [0.1, 0.15) is 25.7 Å². The molecule has 1 aliphatic carbocycles. The van der Waals surface area contributed by atoms with E-state index in [1.165, 1.54) is 0 Å². The third-order valence-corrected chi connectivity index (χ3v) is 3.72. The van der Waals surface area contributed by atoms with Gasteiger partial charge >= 0.3 is 0 Å². The number of carbonyl (C=O) groups excluding carboxylic acids is 1. The summed E-state index contributed by atoms with van der Waals surface area (Å²) in [5, 5.41) is 2.92. The van der Waals surface area contributed by atoms with Crippen molar-refractivity contribution in [2.45, 2.75) is 25.7 Å². The molecule has 0 heterocycles. The summed E-state index contributed by atoms with van der Waals surface area (Å²) in [5.74, 6) is 0.967. The fourth-order valence-corrected chi connectivity index (χ4v) is 2.05. The highest BCUT2D eigenvalue weighted by Gasteiger charge is 2.42. The van der Waals surface area contributed by atoms with Gasteiger partial charge in [-0.15, -0.1) is 0 Å². The van der Waals surface area contributed by atoms with E-state index in [1.807, 2.05) is 0 Å². The van der Waals surface area contributed by atoms with Crippen LogP contribution in [-0.2, 0) is 14.3 Å². The molecule has 0 unspecified atom stereocenters. The van der Waals surface area contributed by atoms with Crippen molar-refractivity contribution in [3.63, 3.8) is 0 Å². The molecule has 0 saturated heterocycles. The van der Waals surface area contributed by atoms with Crippen LogP contribution < -0.4 is 5.32 Å². The molecule has 0 aromatic heterocycles. The van der Waals surface area contributed by atoms with Gasteiger partial charge in [-0.2, -0.15) is 12.6 Å². The lowest BCUT2D eigenvalue weighted by atomic mass is 10.1. The minimum atomic E-state index is 0.147. The number of carbonyl (C=O) groups is 1. The first-order valence-corrected chi connectivity index (χ1v) is 6.80. The van der Waals surface area contributed by atoms with Crippen LogP contribution in [0.15, 0.2) is 0 Å². The Balaban J connectivity index is 1.90. The Kier molecular flexibility index (Phi) is 6.92. The van der Waals surface area contributed by atoms with Crippen molar-refractivity contribution in [2.75, 3.05) is 39.2 Å². The van der Waals surface area contributed by atoms with Crippen LogP contribution in [0.25, 0.3) is 0 Å². The van der Waals surface area contributed by atoms with E-state index in [0.717, 1.165) is 25.0 Å². The molecule has 100 valence electrons. The quantitative estimate of drug-likeness (QED) is 0.460. The lowest BCUT2D eigenvalue weighted by Crippen LogP contribution is -2.28. The molecule has 0 bridgehead atoms. The predicted molar refractivity (Wildman–Crippen MR) is 70.5 cm³/mol. The molecule has 1 aliphatic rings. The van der Waals surface area contributed by atoms with Gasteiger partial charge in [0.15, 0.2) is 0 Å². The maximum Gasteiger partial charge on any atom is 0.220 e. The summed E-state index contributed by atoms with van der Waals surface area (Å²) < 4.78 is 10.2. The zero-order valence-corrected chi connectivity index (χ0v) is 11.4. The Bertz CT molecular complexity index is 232. The van der Waals surface area contributed by atoms with Gasteiger partial charge in [0.2, 0.25) is 5.91 Å². The molecule has 0 atom stereocenters. The molecule has 1 rings (SSSR count). The van der Waals surface area contributed by atoms with Crippen molar-refractivity contribution in [3.05, 3.63) is 0 Å². The van der Waals surface area contributed by atoms with E-state index in [4.69, 9.17) is 9.47 Å². The van der Waals surface area contributed by atoms with Gasteiger partial charge in [0.1, 0.15) is 0 Å². The Morgan fingerprint density at radius 2 is 2.12 bits per heavy atom.